The lowest BCUT2D eigenvalue weighted by Gasteiger charge is -2.39. The molecule has 8 heteroatoms. The topological polar surface area (TPSA) is 54.0 Å². The molecule has 0 heterocycles. The van der Waals surface area contributed by atoms with Gasteiger partial charge in [-0.3, -0.25) is 4.79 Å². The number of unbranched alkanes of at least 4 members (excludes halogenated alkanes) is 7. The molecule has 0 N–H and O–H groups in total. The molecule has 36 heavy (non-hydrogen) atoms. The molecule has 0 aromatic rings. The second-order valence-corrected chi connectivity index (χ2v) is 26.7. The Kier molecular flexibility index (Phi) is 18.3. The summed E-state index contributed by atoms with van der Waals surface area (Å²) >= 11 is 0. The van der Waals surface area contributed by atoms with E-state index >= 15 is 0 Å². The Balaban J connectivity index is 5.19. The van der Waals surface area contributed by atoms with Crippen molar-refractivity contribution in [2.75, 3.05) is 7.11 Å². The molecule has 0 aliphatic rings. The van der Waals surface area contributed by atoms with Crippen LogP contribution in [0.2, 0.25) is 58.9 Å². The fraction of sp³-hybridized carbons (Fsp3) is 0.964. The second-order valence-electron chi connectivity index (χ2n) is 13.4. The van der Waals surface area contributed by atoms with E-state index in [9.17, 15) is 4.79 Å². The molecule has 0 aliphatic heterocycles. The van der Waals surface area contributed by atoms with Gasteiger partial charge in [-0.1, -0.05) is 58.3 Å². The van der Waals surface area contributed by atoms with Crippen LogP contribution in [0.15, 0.2) is 0 Å². The zero-order valence-corrected chi connectivity index (χ0v) is 29.0. The Bertz CT molecular complexity index is 567. The summed E-state index contributed by atoms with van der Waals surface area (Å²) in [4.78, 5) is 11.3. The van der Waals surface area contributed by atoms with Crippen molar-refractivity contribution in [3.63, 3.8) is 0 Å². The van der Waals surface area contributed by atoms with Crippen molar-refractivity contribution in [1.82, 2.24) is 0 Å². The lowest BCUT2D eigenvalue weighted by molar-refractivity contribution is -0.140. The van der Waals surface area contributed by atoms with Crippen LogP contribution in [0.5, 0.6) is 0 Å². The van der Waals surface area contributed by atoms with E-state index in [0.29, 0.717) is 6.42 Å². The van der Waals surface area contributed by atoms with Crippen molar-refractivity contribution in [3.8, 4) is 0 Å². The highest BCUT2D eigenvalue weighted by Crippen LogP contribution is 2.28. The average molecular weight is 563 g/mol. The molecular weight excluding hydrogens is 501 g/mol. The Labute approximate surface area is 228 Å². The van der Waals surface area contributed by atoms with E-state index in [1.807, 2.05) is 0 Å². The van der Waals surface area contributed by atoms with Crippen molar-refractivity contribution >= 4 is 30.9 Å². The van der Waals surface area contributed by atoms with Gasteiger partial charge in [0.05, 0.1) is 19.3 Å². The van der Waals surface area contributed by atoms with Gasteiger partial charge in [0.25, 0.3) is 0 Å². The minimum Gasteiger partial charge on any atom is -0.469 e. The zero-order chi connectivity index (χ0) is 27.8. The largest absolute Gasteiger partial charge is 0.469 e. The van der Waals surface area contributed by atoms with Gasteiger partial charge in [-0.05, 0) is 84.6 Å². The zero-order valence-electron chi connectivity index (χ0n) is 26.0. The number of rotatable bonds is 22. The minimum atomic E-state index is -1.74. The fourth-order valence-electron chi connectivity index (χ4n) is 4.53. The number of hydrogen-bond donors (Lipinski definition) is 0. The molecule has 0 aliphatic carbocycles. The maximum atomic E-state index is 11.3. The van der Waals surface area contributed by atoms with E-state index in [4.69, 9.17) is 18.0 Å². The molecule has 5 nitrogen and oxygen atoms in total. The molecule has 0 bridgehead atoms. The van der Waals surface area contributed by atoms with Crippen LogP contribution in [-0.4, -0.2) is 56.3 Å². The summed E-state index contributed by atoms with van der Waals surface area (Å²) < 4.78 is 25.1. The predicted molar refractivity (Wildman–Crippen MR) is 162 cm³/mol. The molecule has 0 amide bonds. The maximum absolute atomic E-state index is 11.3. The first-order valence-electron chi connectivity index (χ1n) is 14.7. The lowest BCUT2D eigenvalue weighted by Crippen LogP contribution is -2.47. The summed E-state index contributed by atoms with van der Waals surface area (Å²) in [6.07, 6.45) is 14.7. The maximum Gasteiger partial charge on any atom is 0.305 e. The van der Waals surface area contributed by atoms with Crippen LogP contribution in [0.4, 0.5) is 0 Å². The average Bonchev–Trinajstić information content (AvgIpc) is 2.71. The number of esters is 1. The third-order valence-corrected chi connectivity index (χ3v) is 8.98. The molecule has 0 saturated heterocycles. The normalized spacial score (nSPS) is 15.5. The van der Waals surface area contributed by atoms with Crippen LogP contribution in [0.3, 0.4) is 0 Å². The van der Waals surface area contributed by atoms with Gasteiger partial charge < -0.3 is 18.0 Å². The molecule has 3 atom stereocenters. The van der Waals surface area contributed by atoms with Gasteiger partial charge in [0.2, 0.25) is 0 Å². The summed E-state index contributed by atoms with van der Waals surface area (Å²) in [5.74, 6) is -0.0949. The molecule has 3 unspecified atom stereocenters. The number of carbonyl (C=O) groups is 1. The summed E-state index contributed by atoms with van der Waals surface area (Å²) in [5.41, 5.74) is 0. The number of hydrogen-bond acceptors (Lipinski definition) is 5. The van der Waals surface area contributed by atoms with Crippen LogP contribution >= 0.6 is 0 Å². The summed E-state index contributed by atoms with van der Waals surface area (Å²) in [5, 5.41) is 0. The van der Waals surface area contributed by atoms with Crippen LogP contribution in [0, 0.1) is 0 Å². The first kappa shape index (κ1) is 36.0. The van der Waals surface area contributed by atoms with E-state index in [0.717, 1.165) is 32.1 Å². The van der Waals surface area contributed by atoms with Gasteiger partial charge >= 0.3 is 5.97 Å². The monoisotopic (exact) mass is 562 g/mol. The third kappa shape index (κ3) is 22.0. The fourth-order valence-corrected chi connectivity index (χ4v) is 8.08. The van der Waals surface area contributed by atoms with E-state index in [1.54, 1.807) is 0 Å². The molecule has 0 fully saturated rings. The predicted octanol–water partition coefficient (Wildman–Crippen LogP) is 8.91. The van der Waals surface area contributed by atoms with Crippen LogP contribution in [0.25, 0.3) is 0 Å². The lowest BCUT2D eigenvalue weighted by atomic mass is 9.98. The minimum absolute atomic E-state index is 0.0949. The first-order chi connectivity index (χ1) is 16.6. The summed E-state index contributed by atoms with van der Waals surface area (Å²) in [7, 11) is -3.66. The Morgan fingerprint density at radius 2 is 1.08 bits per heavy atom. The summed E-state index contributed by atoms with van der Waals surface area (Å²) in [6, 6.07) is 0. The third-order valence-electron chi connectivity index (χ3n) is 5.92. The van der Waals surface area contributed by atoms with Gasteiger partial charge in [0, 0.05) is 12.5 Å². The van der Waals surface area contributed by atoms with E-state index in [-0.39, 0.29) is 24.3 Å². The van der Waals surface area contributed by atoms with Gasteiger partial charge in [-0.25, -0.2) is 0 Å². The van der Waals surface area contributed by atoms with Crippen molar-refractivity contribution in [2.45, 2.75) is 168 Å². The molecule has 0 radical (unpaired) electrons. The number of methoxy groups -OCH3 is 1. The van der Waals surface area contributed by atoms with E-state index in [2.05, 4.69) is 65.8 Å². The van der Waals surface area contributed by atoms with Crippen molar-refractivity contribution in [2.24, 2.45) is 0 Å². The van der Waals surface area contributed by atoms with Crippen molar-refractivity contribution < 1.29 is 22.8 Å². The highest BCUT2D eigenvalue weighted by Gasteiger charge is 2.34. The van der Waals surface area contributed by atoms with E-state index in [1.165, 1.54) is 52.1 Å². The Hall–Kier alpha value is 0.000649. The van der Waals surface area contributed by atoms with Gasteiger partial charge in [0.1, 0.15) is 0 Å². The Morgan fingerprint density at radius 3 is 1.58 bits per heavy atom. The van der Waals surface area contributed by atoms with Crippen molar-refractivity contribution in [1.29, 1.82) is 0 Å². The SMILES string of the molecule is CCCCCC(O[Si](C)(C)C)C(CC(CCCCCCCCC(=O)OC)O[Si](C)(C)C)O[Si](C)(C)C. The molecular formula is C28H62O5Si3. The standard InChI is InChI=1S/C28H62O5Si3/c1-12-13-18-22-26(32-35(6,7)8)27(33-36(9,10)11)24-25(31-34(3,4)5)21-19-16-14-15-17-20-23-28(29)30-2/h25-27H,12-24H2,1-11H3. The van der Waals surface area contributed by atoms with Crippen molar-refractivity contribution in [3.05, 3.63) is 0 Å². The molecule has 0 spiro atoms. The smallest absolute Gasteiger partial charge is 0.305 e. The number of carbonyl (C=O) groups excluding carboxylic acids is 1. The van der Waals surface area contributed by atoms with Crippen LogP contribution < -0.4 is 0 Å². The first-order valence-corrected chi connectivity index (χ1v) is 24.9. The quantitative estimate of drug-likeness (QED) is 0.0749. The highest BCUT2D eigenvalue weighted by molar-refractivity contribution is 6.70. The number of ether oxygens (including phenoxy) is 1. The van der Waals surface area contributed by atoms with Gasteiger partial charge in [-0.15, -0.1) is 0 Å². The second kappa shape index (κ2) is 18.3. The van der Waals surface area contributed by atoms with Gasteiger partial charge in [0.15, 0.2) is 25.0 Å². The molecule has 0 aromatic carbocycles. The molecule has 0 rings (SSSR count). The van der Waals surface area contributed by atoms with Crippen LogP contribution in [-0.2, 0) is 22.8 Å². The summed E-state index contributed by atoms with van der Waals surface area (Å²) in [6.45, 7) is 22.9. The van der Waals surface area contributed by atoms with Crippen LogP contribution in [0.1, 0.15) is 90.4 Å². The van der Waals surface area contributed by atoms with Gasteiger partial charge in [-0.2, -0.15) is 0 Å². The highest BCUT2D eigenvalue weighted by atomic mass is 28.4. The molecule has 0 saturated carbocycles. The molecule has 216 valence electrons. The Morgan fingerprint density at radius 1 is 0.611 bits per heavy atom. The molecule has 0 aromatic heterocycles. The van der Waals surface area contributed by atoms with E-state index < -0.39 is 25.0 Å².